The summed E-state index contributed by atoms with van der Waals surface area (Å²) in [5.74, 6) is -0.414. The van der Waals surface area contributed by atoms with Crippen molar-refractivity contribution < 1.29 is 24.2 Å². The number of ketones is 1. The van der Waals surface area contributed by atoms with Crippen LogP contribution < -0.4 is 14.4 Å². The molecule has 3 aromatic rings. The highest BCUT2D eigenvalue weighted by Gasteiger charge is 2.47. The van der Waals surface area contributed by atoms with Gasteiger partial charge in [0.25, 0.3) is 11.7 Å². The number of aliphatic hydroxyl groups excluding tert-OH is 1. The van der Waals surface area contributed by atoms with Crippen molar-refractivity contribution in [1.82, 2.24) is 0 Å². The van der Waals surface area contributed by atoms with Crippen molar-refractivity contribution in [2.45, 2.75) is 19.9 Å². The molecule has 6 heteroatoms. The van der Waals surface area contributed by atoms with Gasteiger partial charge in [0, 0.05) is 11.3 Å². The molecule has 0 saturated carbocycles. The van der Waals surface area contributed by atoms with E-state index in [-0.39, 0.29) is 11.3 Å². The first-order valence-corrected chi connectivity index (χ1v) is 10.5. The number of para-hydroxylation sites is 1. The van der Waals surface area contributed by atoms with Crippen LogP contribution in [0.1, 0.15) is 28.3 Å². The van der Waals surface area contributed by atoms with Crippen LogP contribution >= 0.6 is 0 Å². The number of ether oxygens (including phenoxy) is 2. The average Bonchev–Trinajstić information content (AvgIpc) is 3.09. The van der Waals surface area contributed by atoms with Gasteiger partial charge in [0.1, 0.15) is 17.3 Å². The Kier molecular flexibility index (Phi) is 5.92. The lowest BCUT2D eigenvalue weighted by atomic mass is 9.94. The number of carbonyl (C=O) groups excluding carboxylic acids is 2. The van der Waals surface area contributed by atoms with Crippen molar-refractivity contribution in [2.75, 3.05) is 19.1 Å². The van der Waals surface area contributed by atoms with Gasteiger partial charge in [0.2, 0.25) is 0 Å². The standard InChI is InChI=1S/C27H25NO5/c1-16-8-5-6-11-21(16)28-24(18-9-7-10-20(15-18)32-3)23(26(30)27(28)31)25(29)19-12-13-22(33-4)17(2)14-19/h5-15,24,29H,1-4H3/b25-23-. The van der Waals surface area contributed by atoms with E-state index in [0.717, 1.165) is 11.1 Å². The van der Waals surface area contributed by atoms with Gasteiger partial charge in [-0.2, -0.15) is 0 Å². The lowest BCUT2D eigenvalue weighted by Gasteiger charge is -2.27. The molecule has 3 aromatic carbocycles. The summed E-state index contributed by atoms with van der Waals surface area (Å²) in [5, 5.41) is 11.3. The third-order valence-electron chi connectivity index (χ3n) is 5.90. The predicted octanol–water partition coefficient (Wildman–Crippen LogP) is 4.95. The summed E-state index contributed by atoms with van der Waals surface area (Å²) in [6.07, 6.45) is 0. The molecule has 4 rings (SSSR count). The van der Waals surface area contributed by atoms with E-state index in [1.165, 1.54) is 4.90 Å². The smallest absolute Gasteiger partial charge is 0.300 e. The van der Waals surface area contributed by atoms with Crippen LogP contribution in [-0.2, 0) is 9.59 Å². The van der Waals surface area contributed by atoms with E-state index in [4.69, 9.17) is 9.47 Å². The summed E-state index contributed by atoms with van der Waals surface area (Å²) in [6.45, 7) is 3.73. The molecule has 1 heterocycles. The minimum absolute atomic E-state index is 0.0288. The first kappa shape index (κ1) is 22.1. The number of aliphatic hydroxyl groups is 1. The molecule has 1 unspecified atom stereocenters. The van der Waals surface area contributed by atoms with Gasteiger partial charge in [0.15, 0.2) is 0 Å². The molecule has 1 N–H and O–H groups in total. The minimum Gasteiger partial charge on any atom is -0.507 e. The van der Waals surface area contributed by atoms with Gasteiger partial charge in [-0.05, 0) is 66.9 Å². The summed E-state index contributed by atoms with van der Waals surface area (Å²) in [5.41, 5.74) is 3.37. The first-order chi connectivity index (χ1) is 15.9. The number of carbonyl (C=O) groups is 2. The number of amides is 1. The Morgan fingerprint density at radius 2 is 1.64 bits per heavy atom. The van der Waals surface area contributed by atoms with Gasteiger partial charge in [-0.3, -0.25) is 14.5 Å². The molecular weight excluding hydrogens is 418 g/mol. The molecule has 6 nitrogen and oxygen atoms in total. The number of methoxy groups -OCH3 is 2. The molecule has 168 valence electrons. The lowest BCUT2D eigenvalue weighted by molar-refractivity contribution is -0.132. The second-order valence-corrected chi connectivity index (χ2v) is 7.92. The third-order valence-corrected chi connectivity index (χ3v) is 5.90. The number of hydrogen-bond acceptors (Lipinski definition) is 5. The minimum atomic E-state index is -0.816. The van der Waals surface area contributed by atoms with Crippen molar-refractivity contribution in [2.24, 2.45) is 0 Å². The number of anilines is 1. The number of nitrogens with zero attached hydrogens (tertiary/aromatic N) is 1. The van der Waals surface area contributed by atoms with Crippen LogP contribution in [0.2, 0.25) is 0 Å². The third kappa shape index (κ3) is 3.84. The van der Waals surface area contributed by atoms with Gasteiger partial charge in [-0.1, -0.05) is 30.3 Å². The van der Waals surface area contributed by atoms with Crippen molar-refractivity contribution >= 4 is 23.1 Å². The highest BCUT2D eigenvalue weighted by atomic mass is 16.5. The van der Waals surface area contributed by atoms with Crippen molar-refractivity contribution in [1.29, 1.82) is 0 Å². The van der Waals surface area contributed by atoms with E-state index in [0.29, 0.717) is 28.3 Å². The zero-order valence-electron chi connectivity index (χ0n) is 19.0. The Hall–Kier alpha value is -4.06. The number of rotatable bonds is 5. The number of hydrogen-bond donors (Lipinski definition) is 1. The molecule has 1 atom stereocenters. The van der Waals surface area contributed by atoms with Crippen molar-refractivity contribution in [3.63, 3.8) is 0 Å². The Morgan fingerprint density at radius 1 is 0.879 bits per heavy atom. The predicted molar refractivity (Wildman–Crippen MR) is 127 cm³/mol. The van der Waals surface area contributed by atoms with Crippen LogP contribution in [0, 0.1) is 13.8 Å². The average molecular weight is 443 g/mol. The van der Waals surface area contributed by atoms with E-state index in [1.807, 2.05) is 38.1 Å². The molecule has 0 aromatic heterocycles. The van der Waals surface area contributed by atoms with Gasteiger partial charge >= 0.3 is 0 Å². The van der Waals surface area contributed by atoms with Crippen LogP contribution in [0.15, 0.2) is 72.3 Å². The number of benzene rings is 3. The SMILES string of the molecule is COc1cccc(C2/C(=C(/O)c3ccc(OC)c(C)c3)C(=O)C(=O)N2c2ccccc2C)c1. The fourth-order valence-electron chi connectivity index (χ4n) is 4.22. The fraction of sp³-hybridized carbons (Fsp3) is 0.185. The second-order valence-electron chi connectivity index (χ2n) is 7.92. The molecule has 1 fully saturated rings. The van der Waals surface area contributed by atoms with Gasteiger partial charge < -0.3 is 14.6 Å². The molecule has 0 radical (unpaired) electrons. The molecule has 0 aliphatic carbocycles. The normalized spacial score (nSPS) is 17.3. The zero-order chi connectivity index (χ0) is 23.7. The van der Waals surface area contributed by atoms with E-state index < -0.39 is 17.7 Å². The molecular formula is C27H25NO5. The zero-order valence-corrected chi connectivity index (χ0v) is 19.0. The van der Waals surface area contributed by atoms with E-state index in [2.05, 4.69) is 0 Å². The van der Waals surface area contributed by atoms with E-state index in [9.17, 15) is 14.7 Å². The lowest BCUT2D eigenvalue weighted by Crippen LogP contribution is -2.30. The van der Waals surface area contributed by atoms with Crippen molar-refractivity contribution in [3.05, 3.63) is 94.6 Å². The summed E-state index contributed by atoms with van der Waals surface area (Å²) in [4.78, 5) is 28.0. The van der Waals surface area contributed by atoms with Crippen molar-refractivity contribution in [3.8, 4) is 11.5 Å². The quantitative estimate of drug-likeness (QED) is 0.343. The Bertz CT molecular complexity index is 1280. The maximum atomic E-state index is 13.3. The Morgan fingerprint density at radius 3 is 2.30 bits per heavy atom. The summed E-state index contributed by atoms with van der Waals surface area (Å²) in [7, 11) is 3.12. The summed E-state index contributed by atoms with van der Waals surface area (Å²) in [6, 6.07) is 18.8. The summed E-state index contributed by atoms with van der Waals surface area (Å²) < 4.78 is 10.7. The molecule has 33 heavy (non-hydrogen) atoms. The number of aryl methyl sites for hydroxylation is 2. The van der Waals surface area contributed by atoms with Crippen LogP contribution in [-0.4, -0.2) is 31.0 Å². The van der Waals surface area contributed by atoms with Crippen LogP contribution in [0.4, 0.5) is 5.69 Å². The van der Waals surface area contributed by atoms with Crippen LogP contribution in [0.25, 0.3) is 5.76 Å². The van der Waals surface area contributed by atoms with Gasteiger partial charge in [-0.25, -0.2) is 0 Å². The molecule has 1 saturated heterocycles. The largest absolute Gasteiger partial charge is 0.507 e. The molecule has 1 aliphatic rings. The fourth-order valence-corrected chi connectivity index (χ4v) is 4.22. The molecule has 0 spiro atoms. The van der Waals surface area contributed by atoms with Gasteiger partial charge in [0.05, 0.1) is 25.8 Å². The highest BCUT2D eigenvalue weighted by Crippen LogP contribution is 2.43. The van der Waals surface area contributed by atoms with E-state index in [1.54, 1.807) is 56.7 Å². The summed E-state index contributed by atoms with van der Waals surface area (Å²) >= 11 is 0. The second kappa shape index (κ2) is 8.82. The monoisotopic (exact) mass is 443 g/mol. The van der Waals surface area contributed by atoms with Gasteiger partial charge in [-0.15, -0.1) is 0 Å². The van der Waals surface area contributed by atoms with Crippen LogP contribution in [0.3, 0.4) is 0 Å². The molecule has 1 amide bonds. The molecule has 1 aliphatic heterocycles. The highest BCUT2D eigenvalue weighted by molar-refractivity contribution is 6.51. The van der Waals surface area contributed by atoms with E-state index >= 15 is 0 Å². The maximum Gasteiger partial charge on any atom is 0.300 e. The maximum absolute atomic E-state index is 13.3. The molecule has 0 bridgehead atoms. The Labute approximate surface area is 192 Å². The first-order valence-electron chi connectivity index (χ1n) is 10.5. The van der Waals surface area contributed by atoms with Crippen LogP contribution in [0.5, 0.6) is 11.5 Å². The number of Topliss-reactive ketones (excluding diaryl/α,β-unsaturated/α-hetero) is 1. The Balaban J connectivity index is 1.97. The topological polar surface area (TPSA) is 76.1 Å².